The number of carbonyl (C=O) groups is 2. The lowest BCUT2D eigenvalue weighted by Gasteiger charge is -2.33. The summed E-state index contributed by atoms with van der Waals surface area (Å²) < 4.78 is 27.8. The smallest absolute Gasteiger partial charge is 0.244 e. The summed E-state index contributed by atoms with van der Waals surface area (Å²) in [6.45, 7) is 3.70. The van der Waals surface area contributed by atoms with Crippen molar-refractivity contribution >= 4 is 11.8 Å². The topological polar surface area (TPSA) is 67.2 Å². The highest BCUT2D eigenvalue weighted by atomic mass is 19.2. The Balaban J connectivity index is 1.41. The van der Waals surface area contributed by atoms with Crippen molar-refractivity contribution in [1.29, 1.82) is 0 Å². The predicted octanol–water partition coefficient (Wildman–Crippen LogP) is 2.80. The molecule has 1 aliphatic rings. The molecule has 1 saturated heterocycles. The molecule has 8 heteroatoms. The lowest BCUT2D eigenvalue weighted by molar-refractivity contribution is -0.134. The minimum Gasteiger partial charge on any atom is -0.352 e. The van der Waals surface area contributed by atoms with Crippen LogP contribution in [0.4, 0.5) is 8.78 Å². The van der Waals surface area contributed by atoms with E-state index in [0.717, 1.165) is 37.2 Å². The highest BCUT2D eigenvalue weighted by Gasteiger charge is 2.24. The maximum atomic E-state index is 13.2. The Kier molecular flexibility index (Phi) is 6.95. The summed E-state index contributed by atoms with van der Waals surface area (Å²) in [6.07, 6.45) is 4.62. The van der Waals surface area contributed by atoms with Crippen molar-refractivity contribution in [3.05, 3.63) is 53.4 Å². The fourth-order valence-corrected chi connectivity index (χ4v) is 3.59. The number of benzene rings is 1. The summed E-state index contributed by atoms with van der Waals surface area (Å²) in [7, 11) is 0. The van der Waals surface area contributed by atoms with Gasteiger partial charge in [0, 0.05) is 37.9 Å². The van der Waals surface area contributed by atoms with Gasteiger partial charge in [-0.15, -0.1) is 0 Å². The molecule has 0 bridgehead atoms. The molecule has 1 aromatic carbocycles. The van der Waals surface area contributed by atoms with Gasteiger partial charge < -0.3 is 10.2 Å². The number of amides is 2. The molecule has 0 spiro atoms. The quantitative estimate of drug-likeness (QED) is 0.772. The second-order valence-corrected chi connectivity index (χ2v) is 7.54. The largest absolute Gasteiger partial charge is 0.352 e. The number of halogens is 2. The number of piperidine rings is 1. The van der Waals surface area contributed by atoms with E-state index in [9.17, 15) is 18.4 Å². The molecule has 156 valence electrons. The zero-order valence-electron chi connectivity index (χ0n) is 16.5. The van der Waals surface area contributed by atoms with E-state index in [1.807, 2.05) is 17.9 Å². The van der Waals surface area contributed by atoms with Gasteiger partial charge >= 0.3 is 0 Å². The van der Waals surface area contributed by atoms with Crippen LogP contribution in [-0.2, 0) is 22.7 Å². The summed E-state index contributed by atoms with van der Waals surface area (Å²) in [5.41, 5.74) is 1.46. The van der Waals surface area contributed by atoms with E-state index in [-0.39, 0.29) is 30.8 Å². The van der Waals surface area contributed by atoms with Crippen LogP contribution >= 0.6 is 0 Å². The van der Waals surface area contributed by atoms with E-state index >= 15 is 0 Å². The minimum atomic E-state index is -0.922. The van der Waals surface area contributed by atoms with Crippen LogP contribution in [0, 0.1) is 24.5 Å². The molecule has 0 unspecified atom stereocenters. The van der Waals surface area contributed by atoms with Gasteiger partial charge in [0.15, 0.2) is 11.6 Å². The average molecular weight is 404 g/mol. The fourth-order valence-electron chi connectivity index (χ4n) is 3.59. The van der Waals surface area contributed by atoms with Crippen molar-refractivity contribution < 1.29 is 18.4 Å². The minimum absolute atomic E-state index is 0.0456. The van der Waals surface area contributed by atoms with Crippen LogP contribution in [0.15, 0.2) is 30.5 Å². The highest BCUT2D eigenvalue weighted by molar-refractivity contribution is 5.76. The molecule has 2 aromatic rings. The van der Waals surface area contributed by atoms with Crippen molar-refractivity contribution in [2.45, 2.75) is 45.7 Å². The van der Waals surface area contributed by atoms with Crippen LogP contribution in [0.25, 0.3) is 0 Å². The second kappa shape index (κ2) is 9.62. The number of aryl methyl sites for hydroxylation is 1. The van der Waals surface area contributed by atoms with Crippen LogP contribution in [0.3, 0.4) is 0 Å². The van der Waals surface area contributed by atoms with E-state index in [1.165, 1.54) is 6.07 Å². The van der Waals surface area contributed by atoms with Crippen LogP contribution < -0.4 is 5.32 Å². The molecule has 0 saturated carbocycles. The van der Waals surface area contributed by atoms with Gasteiger partial charge in [0.1, 0.15) is 6.54 Å². The molecule has 1 aromatic heterocycles. The van der Waals surface area contributed by atoms with Crippen molar-refractivity contribution in [3.63, 3.8) is 0 Å². The van der Waals surface area contributed by atoms with E-state index in [1.54, 1.807) is 10.9 Å². The molecule has 2 heterocycles. The third kappa shape index (κ3) is 5.85. The lowest BCUT2D eigenvalue weighted by Crippen LogP contribution is -2.42. The summed E-state index contributed by atoms with van der Waals surface area (Å²) in [5.74, 6) is -1.64. The standard InChI is InChI=1S/C21H26F2N4O2/c1-15-8-9-25-27(15)14-21(29)26-10-2-3-16(13-26)5-7-20(28)24-12-17-4-6-18(22)19(23)11-17/h4,6,8-9,11,16H,2-3,5,7,10,12-14H2,1H3,(H,24,28)/t16-/m1/s1. The first kappa shape index (κ1) is 21.0. The zero-order valence-corrected chi connectivity index (χ0v) is 16.5. The molecule has 6 nitrogen and oxygen atoms in total. The van der Waals surface area contributed by atoms with E-state index < -0.39 is 11.6 Å². The predicted molar refractivity (Wildman–Crippen MR) is 104 cm³/mol. The van der Waals surface area contributed by atoms with Gasteiger partial charge in [-0.05, 0) is 55.9 Å². The number of carbonyl (C=O) groups excluding carboxylic acids is 2. The number of likely N-dealkylation sites (tertiary alicyclic amines) is 1. The molecular formula is C21H26F2N4O2. The number of aromatic nitrogens is 2. The molecule has 2 amide bonds. The first-order valence-electron chi connectivity index (χ1n) is 9.89. The van der Waals surface area contributed by atoms with Gasteiger partial charge in [-0.25, -0.2) is 8.78 Å². The highest BCUT2D eigenvalue weighted by Crippen LogP contribution is 2.21. The normalized spacial score (nSPS) is 16.7. The van der Waals surface area contributed by atoms with Gasteiger partial charge in [-0.1, -0.05) is 6.07 Å². The second-order valence-electron chi connectivity index (χ2n) is 7.54. The SMILES string of the molecule is Cc1ccnn1CC(=O)N1CCC[C@H](CCC(=O)NCc2ccc(F)c(F)c2)C1. The van der Waals surface area contributed by atoms with Crippen LogP contribution in [0.5, 0.6) is 0 Å². The van der Waals surface area contributed by atoms with Crippen molar-refractivity contribution in [2.24, 2.45) is 5.92 Å². The Morgan fingerprint density at radius 2 is 2.07 bits per heavy atom. The van der Waals surface area contributed by atoms with Crippen molar-refractivity contribution in [1.82, 2.24) is 20.0 Å². The summed E-state index contributed by atoms with van der Waals surface area (Å²) >= 11 is 0. The van der Waals surface area contributed by atoms with Gasteiger partial charge in [0.05, 0.1) is 0 Å². The first-order chi connectivity index (χ1) is 13.9. The molecule has 0 radical (unpaired) electrons. The van der Waals surface area contributed by atoms with E-state index in [4.69, 9.17) is 0 Å². The first-order valence-corrected chi connectivity index (χ1v) is 9.89. The molecule has 1 aliphatic heterocycles. The number of nitrogens with zero attached hydrogens (tertiary/aromatic N) is 3. The molecule has 1 atom stereocenters. The van der Waals surface area contributed by atoms with E-state index in [2.05, 4.69) is 10.4 Å². The van der Waals surface area contributed by atoms with Crippen LogP contribution in [-0.4, -0.2) is 39.6 Å². The number of hydrogen-bond acceptors (Lipinski definition) is 3. The molecule has 3 rings (SSSR count). The molecular weight excluding hydrogens is 378 g/mol. The maximum Gasteiger partial charge on any atom is 0.244 e. The Labute approximate surface area is 168 Å². The van der Waals surface area contributed by atoms with Gasteiger partial charge in [0.25, 0.3) is 0 Å². The number of nitrogens with one attached hydrogen (secondary N) is 1. The lowest BCUT2D eigenvalue weighted by atomic mass is 9.93. The Morgan fingerprint density at radius 3 is 2.79 bits per heavy atom. The van der Waals surface area contributed by atoms with Crippen LogP contribution in [0.1, 0.15) is 36.9 Å². The maximum absolute atomic E-state index is 13.2. The molecule has 29 heavy (non-hydrogen) atoms. The molecule has 1 fully saturated rings. The Bertz CT molecular complexity index is 868. The third-order valence-corrected chi connectivity index (χ3v) is 5.34. The van der Waals surface area contributed by atoms with E-state index in [0.29, 0.717) is 24.9 Å². The van der Waals surface area contributed by atoms with Gasteiger partial charge in [-0.2, -0.15) is 5.10 Å². The average Bonchev–Trinajstić information content (AvgIpc) is 3.12. The number of hydrogen-bond donors (Lipinski definition) is 1. The third-order valence-electron chi connectivity index (χ3n) is 5.34. The van der Waals surface area contributed by atoms with Gasteiger partial charge in [0.2, 0.25) is 11.8 Å². The Morgan fingerprint density at radius 1 is 1.24 bits per heavy atom. The summed E-state index contributed by atoms with van der Waals surface area (Å²) in [5, 5.41) is 6.89. The molecule has 1 N–H and O–H groups in total. The van der Waals surface area contributed by atoms with Crippen molar-refractivity contribution in [2.75, 3.05) is 13.1 Å². The summed E-state index contributed by atoms with van der Waals surface area (Å²) in [4.78, 5) is 26.5. The monoisotopic (exact) mass is 404 g/mol. The fraction of sp³-hybridized carbons (Fsp3) is 0.476. The molecule has 0 aliphatic carbocycles. The summed E-state index contributed by atoms with van der Waals surface area (Å²) in [6, 6.07) is 5.45. The number of rotatable bonds is 7. The zero-order chi connectivity index (χ0) is 20.8. The van der Waals surface area contributed by atoms with Crippen molar-refractivity contribution in [3.8, 4) is 0 Å². The van der Waals surface area contributed by atoms with Crippen LogP contribution in [0.2, 0.25) is 0 Å². The Hall–Kier alpha value is -2.77. The van der Waals surface area contributed by atoms with Gasteiger partial charge in [-0.3, -0.25) is 14.3 Å².